The number of ether oxygens (including phenoxy) is 2. The van der Waals surface area contributed by atoms with Gasteiger partial charge in [0.2, 0.25) is 0 Å². The van der Waals surface area contributed by atoms with E-state index >= 15 is 0 Å². The summed E-state index contributed by atoms with van der Waals surface area (Å²) in [6.07, 6.45) is 4.10. The van der Waals surface area contributed by atoms with Crippen LogP contribution in [0, 0.1) is 11.8 Å². The Bertz CT molecular complexity index is 522. The van der Waals surface area contributed by atoms with Gasteiger partial charge in [0.15, 0.2) is 5.92 Å². The van der Waals surface area contributed by atoms with Crippen molar-refractivity contribution in [1.82, 2.24) is 5.32 Å². The third-order valence-corrected chi connectivity index (χ3v) is 3.89. The summed E-state index contributed by atoms with van der Waals surface area (Å²) in [5.41, 5.74) is -0.583. The Labute approximate surface area is 148 Å². The third kappa shape index (κ3) is 7.58. The van der Waals surface area contributed by atoms with Gasteiger partial charge in [-0.05, 0) is 52.9 Å². The van der Waals surface area contributed by atoms with Crippen LogP contribution in [0.1, 0.15) is 53.9 Å². The number of carbonyl (C=O) groups excluding carboxylic acids is 2. The number of rotatable bonds is 7. The summed E-state index contributed by atoms with van der Waals surface area (Å²) in [5.74, 6) is -3.22. The van der Waals surface area contributed by atoms with Crippen LogP contribution in [0.4, 0.5) is 4.79 Å². The summed E-state index contributed by atoms with van der Waals surface area (Å²) in [7, 11) is 0. The van der Waals surface area contributed by atoms with E-state index in [1.807, 2.05) is 13.0 Å². The quantitative estimate of drug-likeness (QED) is 0.414. The van der Waals surface area contributed by atoms with Gasteiger partial charge in [0.05, 0.1) is 12.1 Å². The number of hydrogen-bond acceptors (Lipinski definition) is 5. The Kier molecular flexibility index (Phi) is 7.45. The minimum absolute atomic E-state index is 0.120. The number of hydrogen-bond donors (Lipinski definition) is 2. The summed E-state index contributed by atoms with van der Waals surface area (Å²) in [4.78, 5) is 35.2. The molecular formula is C18H29NO6. The molecule has 0 aliphatic heterocycles. The van der Waals surface area contributed by atoms with Crippen LogP contribution in [0.3, 0.4) is 0 Å². The number of amides is 1. The first-order valence-corrected chi connectivity index (χ1v) is 8.63. The average Bonchev–Trinajstić information content (AvgIpc) is 2.89. The standard InChI is InChI=1S/C18H29NO6/c1-6-11(2)24-16(22)14(15(20)21)10-12-7-8-13(9-12)19-17(23)25-18(3,4)5/h7-8,11-14H,6,9-10H2,1-5H3,(H,19,23)(H,20,21). The van der Waals surface area contributed by atoms with Crippen molar-refractivity contribution in [3.63, 3.8) is 0 Å². The van der Waals surface area contributed by atoms with Gasteiger partial charge < -0.3 is 19.9 Å². The third-order valence-electron chi connectivity index (χ3n) is 3.89. The van der Waals surface area contributed by atoms with Crippen LogP contribution >= 0.6 is 0 Å². The normalized spacial score (nSPS) is 22.1. The number of nitrogens with one attached hydrogen (secondary N) is 1. The smallest absolute Gasteiger partial charge is 0.408 e. The SMILES string of the molecule is CCC(C)OC(=O)C(CC1C=CC(NC(=O)OC(C)(C)C)C1)C(=O)O. The predicted octanol–water partition coefficient (Wildman–Crippen LogP) is 2.89. The van der Waals surface area contributed by atoms with Gasteiger partial charge >= 0.3 is 18.0 Å². The number of carboxylic acids is 1. The highest BCUT2D eigenvalue weighted by Crippen LogP contribution is 2.26. The largest absolute Gasteiger partial charge is 0.481 e. The molecule has 0 aromatic rings. The molecule has 1 aliphatic carbocycles. The Hall–Kier alpha value is -2.05. The molecule has 1 amide bonds. The molecule has 0 saturated carbocycles. The summed E-state index contributed by atoms with van der Waals surface area (Å²) in [6, 6.07) is -0.236. The monoisotopic (exact) mass is 355 g/mol. The number of carbonyl (C=O) groups is 3. The molecule has 0 bridgehead atoms. The van der Waals surface area contributed by atoms with Crippen molar-refractivity contribution in [3.8, 4) is 0 Å². The van der Waals surface area contributed by atoms with E-state index in [-0.39, 0.29) is 24.5 Å². The maximum absolute atomic E-state index is 12.0. The van der Waals surface area contributed by atoms with Gasteiger partial charge in [-0.15, -0.1) is 0 Å². The Morgan fingerprint density at radius 1 is 1.28 bits per heavy atom. The van der Waals surface area contributed by atoms with E-state index in [0.717, 1.165) is 0 Å². The lowest BCUT2D eigenvalue weighted by Crippen LogP contribution is -2.38. The molecule has 4 atom stereocenters. The summed E-state index contributed by atoms with van der Waals surface area (Å²) in [5, 5.41) is 12.0. The number of aliphatic carboxylic acids is 1. The lowest BCUT2D eigenvalue weighted by atomic mass is 9.93. The van der Waals surface area contributed by atoms with Gasteiger partial charge in [0, 0.05) is 0 Å². The maximum atomic E-state index is 12.0. The minimum atomic E-state index is -1.20. The lowest BCUT2D eigenvalue weighted by molar-refractivity contribution is -0.162. The van der Waals surface area contributed by atoms with E-state index in [0.29, 0.717) is 12.8 Å². The van der Waals surface area contributed by atoms with Crippen molar-refractivity contribution in [2.75, 3.05) is 0 Å². The first-order valence-electron chi connectivity index (χ1n) is 8.63. The molecule has 7 heteroatoms. The van der Waals surface area contributed by atoms with Crippen LogP contribution in [0.2, 0.25) is 0 Å². The zero-order valence-electron chi connectivity index (χ0n) is 15.6. The molecule has 0 aromatic carbocycles. The number of allylic oxidation sites excluding steroid dienone is 1. The van der Waals surface area contributed by atoms with E-state index in [2.05, 4.69) is 5.32 Å². The highest BCUT2D eigenvalue weighted by molar-refractivity contribution is 5.94. The van der Waals surface area contributed by atoms with Crippen molar-refractivity contribution in [3.05, 3.63) is 12.2 Å². The molecule has 142 valence electrons. The zero-order chi connectivity index (χ0) is 19.2. The molecule has 7 nitrogen and oxygen atoms in total. The van der Waals surface area contributed by atoms with Crippen LogP contribution in [-0.2, 0) is 19.1 Å². The molecule has 1 rings (SSSR count). The summed E-state index contributed by atoms with van der Waals surface area (Å²) >= 11 is 0. The van der Waals surface area contributed by atoms with E-state index < -0.39 is 29.6 Å². The summed E-state index contributed by atoms with van der Waals surface area (Å²) < 4.78 is 10.3. The molecule has 0 radical (unpaired) electrons. The van der Waals surface area contributed by atoms with Crippen LogP contribution in [0.15, 0.2) is 12.2 Å². The van der Waals surface area contributed by atoms with E-state index in [1.165, 1.54) is 0 Å². The van der Waals surface area contributed by atoms with Gasteiger partial charge in [-0.2, -0.15) is 0 Å². The van der Waals surface area contributed by atoms with Gasteiger partial charge in [-0.3, -0.25) is 9.59 Å². The number of carboxylic acid groups (broad SMARTS) is 1. The fraction of sp³-hybridized carbons (Fsp3) is 0.722. The molecule has 0 fully saturated rings. The molecule has 2 N–H and O–H groups in total. The molecule has 25 heavy (non-hydrogen) atoms. The second kappa shape index (κ2) is 8.87. The van der Waals surface area contributed by atoms with Crippen LogP contribution in [0.25, 0.3) is 0 Å². The molecule has 0 spiro atoms. The fourth-order valence-electron chi connectivity index (χ4n) is 2.48. The van der Waals surface area contributed by atoms with Crippen molar-refractivity contribution in [2.45, 2.75) is 71.6 Å². The van der Waals surface area contributed by atoms with Gasteiger partial charge in [0.1, 0.15) is 5.60 Å². The molecule has 1 aliphatic rings. The predicted molar refractivity (Wildman–Crippen MR) is 92.0 cm³/mol. The first-order chi connectivity index (χ1) is 11.5. The van der Waals surface area contributed by atoms with Crippen molar-refractivity contribution in [1.29, 1.82) is 0 Å². The Morgan fingerprint density at radius 3 is 2.44 bits per heavy atom. The molecular weight excluding hydrogens is 326 g/mol. The minimum Gasteiger partial charge on any atom is -0.481 e. The second-order valence-electron chi connectivity index (χ2n) is 7.42. The van der Waals surface area contributed by atoms with E-state index in [1.54, 1.807) is 33.8 Å². The number of alkyl carbamates (subject to hydrolysis) is 1. The van der Waals surface area contributed by atoms with Crippen molar-refractivity contribution in [2.24, 2.45) is 11.8 Å². The fourth-order valence-corrected chi connectivity index (χ4v) is 2.48. The van der Waals surface area contributed by atoms with Gasteiger partial charge in [-0.1, -0.05) is 19.1 Å². The zero-order valence-corrected chi connectivity index (χ0v) is 15.6. The Balaban J connectivity index is 2.54. The lowest BCUT2D eigenvalue weighted by Gasteiger charge is -2.22. The van der Waals surface area contributed by atoms with Crippen LogP contribution < -0.4 is 5.32 Å². The Morgan fingerprint density at radius 2 is 1.92 bits per heavy atom. The highest BCUT2D eigenvalue weighted by Gasteiger charge is 2.33. The van der Waals surface area contributed by atoms with Gasteiger partial charge in [-0.25, -0.2) is 4.79 Å². The molecule has 0 aromatic heterocycles. The second-order valence-corrected chi connectivity index (χ2v) is 7.42. The maximum Gasteiger partial charge on any atom is 0.408 e. The van der Waals surface area contributed by atoms with Gasteiger partial charge in [0.25, 0.3) is 0 Å². The topological polar surface area (TPSA) is 102 Å². The molecule has 0 heterocycles. The van der Waals surface area contributed by atoms with Crippen LogP contribution in [0.5, 0.6) is 0 Å². The van der Waals surface area contributed by atoms with Crippen LogP contribution in [-0.4, -0.2) is 40.9 Å². The van der Waals surface area contributed by atoms with E-state index in [9.17, 15) is 19.5 Å². The summed E-state index contributed by atoms with van der Waals surface area (Å²) in [6.45, 7) is 8.92. The van der Waals surface area contributed by atoms with Crippen molar-refractivity contribution >= 4 is 18.0 Å². The van der Waals surface area contributed by atoms with E-state index in [4.69, 9.17) is 9.47 Å². The number of esters is 1. The molecule has 4 unspecified atom stereocenters. The van der Waals surface area contributed by atoms with Crippen molar-refractivity contribution < 1.29 is 29.0 Å². The highest BCUT2D eigenvalue weighted by atomic mass is 16.6. The first kappa shape index (κ1) is 21.0. The molecule has 0 saturated heterocycles. The average molecular weight is 355 g/mol.